The van der Waals surface area contributed by atoms with Crippen LogP contribution in [-0.2, 0) is 4.79 Å². The maximum atomic E-state index is 12.1. The van der Waals surface area contributed by atoms with Gasteiger partial charge in [-0.3, -0.25) is 14.9 Å². The fraction of sp³-hybridized carbons (Fsp3) is 0.167. The van der Waals surface area contributed by atoms with E-state index in [1.165, 1.54) is 0 Å². The normalized spacial score (nSPS) is 16.2. The van der Waals surface area contributed by atoms with Crippen molar-refractivity contribution in [3.05, 3.63) is 53.9 Å². The van der Waals surface area contributed by atoms with Crippen LogP contribution in [0.3, 0.4) is 0 Å². The summed E-state index contributed by atoms with van der Waals surface area (Å²) in [6.45, 7) is 0. The number of methoxy groups -OCH3 is 1. The van der Waals surface area contributed by atoms with Crippen molar-refractivity contribution in [3.8, 4) is 22.8 Å². The van der Waals surface area contributed by atoms with E-state index in [2.05, 4.69) is 20.5 Å². The van der Waals surface area contributed by atoms with E-state index in [-0.39, 0.29) is 24.0 Å². The van der Waals surface area contributed by atoms with Gasteiger partial charge in [-0.15, -0.1) is 0 Å². The summed E-state index contributed by atoms with van der Waals surface area (Å²) in [6, 6.07) is 8.76. The summed E-state index contributed by atoms with van der Waals surface area (Å²) < 4.78 is 5.27. The fourth-order valence-corrected chi connectivity index (χ4v) is 3.19. The third-order valence-electron chi connectivity index (χ3n) is 4.36. The van der Waals surface area contributed by atoms with Gasteiger partial charge in [0.05, 0.1) is 12.8 Å². The molecule has 0 saturated heterocycles. The highest BCUT2D eigenvalue weighted by Gasteiger charge is 2.33. The number of anilines is 1. The Balaban J connectivity index is 1.90. The molecule has 0 spiro atoms. The van der Waals surface area contributed by atoms with Crippen LogP contribution < -0.4 is 10.1 Å². The minimum absolute atomic E-state index is 0.116. The van der Waals surface area contributed by atoms with Crippen molar-refractivity contribution in [2.24, 2.45) is 0 Å². The van der Waals surface area contributed by atoms with E-state index in [1.807, 2.05) is 12.1 Å². The molecule has 0 radical (unpaired) electrons. The molecule has 25 heavy (non-hydrogen) atoms. The van der Waals surface area contributed by atoms with Gasteiger partial charge >= 0.3 is 0 Å². The van der Waals surface area contributed by atoms with Crippen molar-refractivity contribution < 1.29 is 14.6 Å². The van der Waals surface area contributed by atoms with Gasteiger partial charge in [-0.2, -0.15) is 5.10 Å². The second kappa shape index (κ2) is 5.94. The molecule has 4 rings (SSSR count). The molecule has 0 saturated carbocycles. The third kappa shape index (κ3) is 2.59. The molecule has 7 nitrogen and oxygen atoms in total. The molecule has 0 aliphatic carbocycles. The van der Waals surface area contributed by atoms with Crippen LogP contribution in [0.1, 0.15) is 23.5 Å². The quantitative estimate of drug-likeness (QED) is 0.683. The van der Waals surface area contributed by atoms with Crippen molar-refractivity contribution in [1.82, 2.24) is 15.2 Å². The zero-order valence-corrected chi connectivity index (χ0v) is 13.5. The summed E-state index contributed by atoms with van der Waals surface area (Å²) in [5.74, 6) is 0.718. The smallest absolute Gasteiger partial charge is 0.226 e. The first-order chi connectivity index (χ1) is 12.2. The zero-order valence-electron chi connectivity index (χ0n) is 13.5. The number of phenols is 1. The topological polar surface area (TPSA) is 100 Å². The highest BCUT2D eigenvalue weighted by molar-refractivity contribution is 5.96. The number of benzene rings is 1. The van der Waals surface area contributed by atoms with E-state index >= 15 is 0 Å². The molecule has 1 amide bonds. The standard InChI is InChI=1S/C18H16N4O3/c1-25-11-4-5-14(23)12(7-11)13-8-15(24)20-18-16(13)17(21-22-18)10-3-2-6-19-9-10/h2-7,9,13,23H,8H2,1H3,(H2,20,21,22,24)/t13-/m1/s1. The van der Waals surface area contributed by atoms with Crippen LogP contribution in [0.5, 0.6) is 11.5 Å². The van der Waals surface area contributed by atoms with Crippen molar-refractivity contribution in [2.45, 2.75) is 12.3 Å². The predicted molar refractivity (Wildman–Crippen MR) is 91.6 cm³/mol. The Kier molecular flexibility index (Phi) is 3.61. The van der Waals surface area contributed by atoms with Gasteiger partial charge < -0.3 is 15.2 Å². The molecular formula is C18H16N4O3. The van der Waals surface area contributed by atoms with E-state index in [0.29, 0.717) is 17.1 Å². The van der Waals surface area contributed by atoms with Gasteiger partial charge in [0.25, 0.3) is 0 Å². The van der Waals surface area contributed by atoms with Gasteiger partial charge in [0.2, 0.25) is 5.91 Å². The molecule has 0 unspecified atom stereocenters. The number of carbonyl (C=O) groups is 1. The first kappa shape index (κ1) is 15.2. The predicted octanol–water partition coefficient (Wildman–Crippen LogP) is 2.66. The highest BCUT2D eigenvalue weighted by atomic mass is 16.5. The van der Waals surface area contributed by atoms with E-state index < -0.39 is 0 Å². The van der Waals surface area contributed by atoms with Crippen LogP contribution in [0.15, 0.2) is 42.7 Å². The number of amides is 1. The van der Waals surface area contributed by atoms with Gasteiger partial charge in [0.15, 0.2) is 5.82 Å². The maximum absolute atomic E-state index is 12.1. The maximum Gasteiger partial charge on any atom is 0.226 e. The number of nitrogens with one attached hydrogen (secondary N) is 2. The summed E-state index contributed by atoms with van der Waals surface area (Å²) in [4.78, 5) is 16.3. The Morgan fingerprint density at radius 3 is 2.96 bits per heavy atom. The minimum atomic E-state index is -0.340. The zero-order chi connectivity index (χ0) is 17.4. The van der Waals surface area contributed by atoms with Crippen molar-refractivity contribution in [1.29, 1.82) is 0 Å². The molecular weight excluding hydrogens is 320 g/mol. The third-order valence-corrected chi connectivity index (χ3v) is 4.36. The molecule has 7 heteroatoms. The lowest BCUT2D eigenvalue weighted by Gasteiger charge is -2.24. The van der Waals surface area contributed by atoms with Crippen molar-refractivity contribution in [3.63, 3.8) is 0 Å². The van der Waals surface area contributed by atoms with E-state index in [0.717, 1.165) is 16.8 Å². The number of ether oxygens (including phenoxy) is 1. The number of aromatic hydroxyl groups is 1. The van der Waals surface area contributed by atoms with Crippen LogP contribution in [0, 0.1) is 0 Å². The number of hydrogen-bond acceptors (Lipinski definition) is 5. The molecule has 3 aromatic rings. The summed E-state index contributed by atoms with van der Waals surface area (Å²) in [6.07, 6.45) is 3.63. The molecule has 1 aromatic carbocycles. The second-order valence-corrected chi connectivity index (χ2v) is 5.83. The van der Waals surface area contributed by atoms with Gasteiger partial charge in [0, 0.05) is 41.4 Å². The first-order valence-corrected chi connectivity index (χ1v) is 7.82. The number of fused-ring (bicyclic) bond motifs is 1. The number of phenolic OH excluding ortho intramolecular Hbond substituents is 1. The van der Waals surface area contributed by atoms with E-state index in [9.17, 15) is 9.90 Å². The Bertz CT molecular complexity index is 937. The Labute approximate surface area is 143 Å². The molecule has 0 fully saturated rings. The summed E-state index contributed by atoms with van der Waals surface area (Å²) >= 11 is 0. The Hall–Kier alpha value is -3.35. The average Bonchev–Trinajstić information content (AvgIpc) is 3.06. The van der Waals surface area contributed by atoms with Crippen LogP contribution in [0.25, 0.3) is 11.3 Å². The summed E-state index contributed by atoms with van der Waals surface area (Å²) in [7, 11) is 1.56. The average molecular weight is 336 g/mol. The molecule has 2 aromatic heterocycles. The number of nitrogens with zero attached hydrogens (tertiary/aromatic N) is 2. The monoisotopic (exact) mass is 336 g/mol. The van der Waals surface area contributed by atoms with Crippen LogP contribution >= 0.6 is 0 Å². The molecule has 126 valence electrons. The number of aromatic amines is 1. The van der Waals surface area contributed by atoms with Crippen molar-refractivity contribution >= 4 is 11.7 Å². The van der Waals surface area contributed by atoms with Gasteiger partial charge in [0.1, 0.15) is 11.5 Å². The highest BCUT2D eigenvalue weighted by Crippen LogP contribution is 2.44. The fourth-order valence-electron chi connectivity index (χ4n) is 3.19. The SMILES string of the molecule is COc1ccc(O)c([C@H]2CC(=O)Nc3n[nH]c(-c4cccnc4)c32)c1. The lowest BCUT2D eigenvalue weighted by Crippen LogP contribution is -2.23. The summed E-state index contributed by atoms with van der Waals surface area (Å²) in [5, 5.41) is 20.4. The van der Waals surface area contributed by atoms with Crippen LogP contribution in [0.2, 0.25) is 0 Å². The Morgan fingerprint density at radius 2 is 2.20 bits per heavy atom. The van der Waals surface area contributed by atoms with Crippen molar-refractivity contribution in [2.75, 3.05) is 12.4 Å². The molecule has 0 bridgehead atoms. The lowest BCUT2D eigenvalue weighted by atomic mass is 9.84. The largest absolute Gasteiger partial charge is 0.508 e. The minimum Gasteiger partial charge on any atom is -0.508 e. The van der Waals surface area contributed by atoms with Gasteiger partial charge in [-0.1, -0.05) is 0 Å². The first-order valence-electron chi connectivity index (χ1n) is 7.82. The van der Waals surface area contributed by atoms with Gasteiger partial charge in [-0.05, 0) is 30.3 Å². The molecule has 1 aliphatic rings. The number of carbonyl (C=O) groups excluding carboxylic acids is 1. The number of H-pyrrole nitrogens is 1. The van der Waals surface area contributed by atoms with E-state index in [4.69, 9.17) is 4.74 Å². The summed E-state index contributed by atoms with van der Waals surface area (Å²) in [5.41, 5.74) is 3.09. The second-order valence-electron chi connectivity index (χ2n) is 5.83. The Morgan fingerprint density at radius 1 is 1.32 bits per heavy atom. The van der Waals surface area contributed by atoms with Gasteiger partial charge in [-0.25, -0.2) is 0 Å². The number of pyridine rings is 1. The molecule has 3 heterocycles. The number of rotatable bonds is 3. The number of aromatic nitrogens is 3. The molecule has 1 atom stereocenters. The van der Waals surface area contributed by atoms with Crippen LogP contribution in [-0.4, -0.2) is 33.3 Å². The molecule has 3 N–H and O–H groups in total. The van der Waals surface area contributed by atoms with Crippen LogP contribution in [0.4, 0.5) is 5.82 Å². The van der Waals surface area contributed by atoms with E-state index in [1.54, 1.807) is 37.7 Å². The number of hydrogen-bond donors (Lipinski definition) is 3. The molecule has 1 aliphatic heterocycles. The lowest BCUT2D eigenvalue weighted by molar-refractivity contribution is -0.116.